The van der Waals surface area contributed by atoms with E-state index in [1.165, 1.54) is 5.56 Å². The fraction of sp³-hybridized carbons (Fsp3) is 0.333. The van der Waals surface area contributed by atoms with Crippen molar-refractivity contribution in [3.05, 3.63) is 48.2 Å². The first-order valence-electron chi connectivity index (χ1n) is 6.27. The summed E-state index contributed by atoms with van der Waals surface area (Å²) in [5.74, 6) is 0.234. The largest absolute Gasteiger partial charge is 0.439 e. The highest BCUT2D eigenvalue weighted by molar-refractivity contribution is 5.33. The predicted molar refractivity (Wildman–Crippen MR) is 71.8 cm³/mol. The van der Waals surface area contributed by atoms with Crippen molar-refractivity contribution in [2.45, 2.75) is 32.6 Å². The quantitative estimate of drug-likeness (QED) is 0.776. The molecule has 0 aliphatic carbocycles. The summed E-state index contributed by atoms with van der Waals surface area (Å²) in [7, 11) is 0. The molecule has 0 fully saturated rings. The van der Waals surface area contributed by atoms with Crippen molar-refractivity contribution >= 4 is 0 Å². The van der Waals surface area contributed by atoms with E-state index in [1.807, 2.05) is 24.3 Å². The van der Waals surface area contributed by atoms with Gasteiger partial charge in [0.2, 0.25) is 11.8 Å². The zero-order valence-electron chi connectivity index (χ0n) is 11.4. The molecule has 4 heteroatoms. The molecular weight excluding hydrogens is 243 g/mol. The highest BCUT2D eigenvalue weighted by atomic mass is 19.1. The Hall–Kier alpha value is -1.97. The van der Waals surface area contributed by atoms with Gasteiger partial charge in [0, 0.05) is 0 Å². The molecule has 2 rings (SSSR count). The number of aromatic nitrogens is 2. The molecular formula is C15H17FN2O. The minimum absolute atomic E-state index is 0.138. The summed E-state index contributed by atoms with van der Waals surface area (Å²) < 4.78 is 18.4. The Morgan fingerprint density at radius 3 is 2.42 bits per heavy atom. The van der Waals surface area contributed by atoms with E-state index in [-0.39, 0.29) is 11.3 Å². The van der Waals surface area contributed by atoms with Crippen molar-refractivity contribution in [3.63, 3.8) is 0 Å². The van der Waals surface area contributed by atoms with Crippen LogP contribution in [0.2, 0.25) is 0 Å². The van der Waals surface area contributed by atoms with Crippen LogP contribution in [0.25, 0.3) is 0 Å². The SMILES string of the molecule is CCC(C)(C)c1ccc(Oc2cc(F)ncn2)cc1. The van der Waals surface area contributed by atoms with Gasteiger partial charge in [0.15, 0.2) is 0 Å². The van der Waals surface area contributed by atoms with Crippen molar-refractivity contribution in [1.29, 1.82) is 0 Å². The first-order valence-corrected chi connectivity index (χ1v) is 6.27. The highest BCUT2D eigenvalue weighted by Gasteiger charge is 2.17. The normalized spacial score (nSPS) is 11.4. The first-order chi connectivity index (χ1) is 9.01. The molecule has 0 saturated heterocycles. The number of ether oxygens (including phenoxy) is 1. The highest BCUT2D eigenvalue weighted by Crippen LogP contribution is 2.29. The van der Waals surface area contributed by atoms with Gasteiger partial charge in [-0.1, -0.05) is 32.9 Å². The minimum atomic E-state index is -0.603. The van der Waals surface area contributed by atoms with E-state index in [4.69, 9.17) is 4.74 Å². The van der Waals surface area contributed by atoms with E-state index in [1.54, 1.807) is 0 Å². The summed E-state index contributed by atoms with van der Waals surface area (Å²) >= 11 is 0. The average molecular weight is 260 g/mol. The van der Waals surface area contributed by atoms with Crippen LogP contribution in [-0.4, -0.2) is 9.97 Å². The van der Waals surface area contributed by atoms with Gasteiger partial charge < -0.3 is 4.74 Å². The molecule has 0 aliphatic rings. The lowest BCUT2D eigenvalue weighted by atomic mass is 9.82. The van der Waals surface area contributed by atoms with E-state index >= 15 is 0 Å². The zero-order chi connectivity index (χ0) is 13.9. The predicted octanol–water partition coefficient (Wildman–Crippen LogP) is 4.10. The summed E-state index contributed by atoms with van der Waals surface area (Å²) in [5.41, 5.74) is 1.38. The lowest BCUT2D eigenvalue weighted by molar-refractivity contribution is 0.449. The number of benzene rings is 1. The number of rotatable bonds is 4. The summed E-state index contributed by atoms with van der Waals surface area (Å²) in [6.45, 7) is 6.55. The molecule has 0 bridgehead atoms. The van der Waals surface area contributed by atoms with Gasteiger partial charge in [0.1, 0.15) is 12.1 Å². The number of nitrogens with zero attached hydrogens (tertiary/aromatic N) is 2. The molecule has 0 N–H and O–H groups in total. The van der Waals surface area contributed by atoms with Crippen LogP contribution >= 0.6 is 0 Å². The molecule has 1 heterocycles. The standard InChI is InChI=1S/C15H17FN2O/c1-4-15(2,3)11-5-7-12(8-6-11)19-14-9-13(16)17-10-18-14/h5-10H,4H2,1-3H3. The van der Waals surface area contributed by atoms with E-state index in [0.717, 1.165) is 18.8 Å². The molecule has 0 saturated carbocycles. The molecule has 1 aromatic carbocycles. The van der Waals surface area contributed by atoms with Crippen LogP contribution in [0, 0.1) is 5.95 Å². The Morgan fingerprint density at radius 1 is 1.16 bits per heavy atom. The maximum atomic E-state index is 12.9. The second-order valence-electron chi connectivity index (χ2n) is 5.04. The second-order valence-corrected chi connectivity index (χ2v) is 5.04. The Bertz CT molecular complexity index is 552. The van der Waals surface area contributed by atoms with Crippen LogP contribution in [0.15, 0.2) is 36.7 Å². The molecule has 0 radical (unpaired) electrons. The smallest absolute Gasteiger partial charge is 0.225 e. The van der Waals surface area contributed by atoms with Gasteiger partial charge in [-0.15, -0.1) is 0 Å². The van der Waals surface area contributed by atoms with Crippen molar-refractivity contribution in [1.82, 2.24) is 9.97 Å². The lowest BCUT2D eigenvalue weighted by Crippen LogP contribution is -2.14. The van der Waals surface area contributed by atoms with Crippen molar-refractivity contribution in [2.24, 2.45) is 0 Å². The van der Waals surface area contributed by atoms with Crippen LogP contribution in [0.1, 0.15) is 32.8 Å². The topological polar surface area (TPSA) is 35.0 Å². The number of hydrogen-bond acceptors (Lipinski definition) is 3. The molecule has 2 aromatic rings. The van der Waals surface area contributed by atoms with Crippen LogP contribution in [-0.2, 0) is 5.41 Å². The van der Waals surface area contributed by atoms with Crippen LogP contribution < -0.4 is 4.74 Å². The fourth-order valence-corrected chi connectivity index (χ4v) is 1.67. The lowest BCUT2D eigenvalue weighted by Gasteiger charge is -2.23. The Labute approximate surface area is 112 Å². The fourth-order valence-electron chi connectivity index (χ4n) is 1.67. The van der Waals surface area contributed by atoms with Gasteiger partial charge in [0.25, 0.3) is 0 Å². The van der Waals surface area contributed by atoms with E-state index < -0.39 is 5.95 Å². The van der Waals surface area contributed by atoms with Crippen LogP contribution in [0.3, 0.4) is 0 Å². The summed E-state index contributed by atoms with van der Waals surface area (Å²) in [4.78, 5) is 7.23. The maximum absolute atomic E-state index is 12.9. The molecule has 19 heavy (non-hydrogen) atoms. The summed E-state index contributed by atoms with van der Waals surface area (Å²) in [6.07, 6.45) is 2.20. The molecule has 1 aromatic heterocycles. The van der Waals surface area contributed by atoms with Gasteiger partial charge in [-0.05, 0) is 29.5 Å². The number of hydrogen-bond donors (Lipinski definition) is 0. The van der Waals surface area contributed by atoms with Crippen molar-refractivity contribution < 1.29 is 9.13 Å². The summed E-state index contributed by atoms with van der Waals surface area (Å²) in [6, 6.07) is 8.94. The van der Waals surface area contributed by atoms with Gasteiger partial charge >= 0.3 is 0 Å². The van der Waals surface area contributed by atoms with E-state index in [0.29, 0.717) is 5.75 Å². The minimum Gasteiger partial charge on any atom is -0.439 e. The average Bonchev–Trinajstić information content (AvgIpc) is 2.39. The molecule has 100 valence electrons. The third kappa shape index (κ3) is 3.28. The molecule has 3 nitrogen and oxygen atoms in total. The molecule has 0 atom stereocenters. The van der Waals surface area contributed by atoms with Crippen molar-refractivity contribution in [2.75, 3.05) is 0 Å². The van der Waals surface area contributed by atoms with Gasteiger partial charge in [0.05, 0.1) is 6.07 Å². The van der Waals surface area contributed by atoms with E-state index in [9.17, 15) is 4.39 Å². The third-order valence-corrected chi connectivity index (χ3v) is 3.35. The number of halogens is 1. The van der Waals surface area contributed by atoms with Crippen molar-refractivity contribution in [3.8, 4) is 11.6 Å². The monoisotopic (exact) mass is 260 g/mol. The first kappa shape index (κ1) is 13.5. The van der Waals surface area contributed by atoms with Crippen LogP contribution in [0.5, 0.6) is 11.6 Å². The zero-order valence-corrected chi connectivity index (χ0v) is 11.4. The van der Waals surface area contributed by atoms with E-state index in [2.05, 4.69) is 30.7 Å². The van der Waals surface area contributed by atoms with Gasteiger partial charge in [-0.25, -0.2) is 9.97 Å². The molecule has 0 aliphatic heterocycles. The third-order valence-electron chi connectivity index (χ3n) is 3.35. The molecule has 0 amide bonds. The molecule has 0 spiro atoms. The summed E-state index contributed by atoms with van der Waals surface area (Å²) in [5, 5.41) is 0. The van der Waals surface area contributed by atoms with Gasteiger partial charge in [-0.3, -0.25) is 0 Å². The molecule has 0 unspecified atom stereocenters. The second kappa shape index (κ2) is 5.34. The maximum Gasteiger partial charge on any atom is 0.225 e. The van der Waals surface area contributed by atoms with Gasteiger partial charge in [-0.2, -0.15) is 4.39 Å². The Morgan fingerprint density at radius 2 is 1.84 bits per heavy atom. The van der Waals surface area contributed by atoms with Crippen LogP contribution in [0.4, 0.5) is 4.39 Å². The Balaban J connectivity index is 2.15. The Kier molecular flexibility index (Phi) is 3.79.